The zero-order valence-electron chi connectivity index (χ0n) is 9.06. The van der Waals surface area contributed by atoms with Gasteiger partial charge in [0.25, 0.3) is 0 Å². The zero-order valence-corrected chi connectivity index (χ0v) is 29.3. The summed E-state index contributed by atoms with van der Waals surface area (Å²) in [7, 11) is 0. The third kappa shape index (κ3) is 28.9. The Morgan fingerprint density at radius 3 is 1.53 bits per heavy atom. The van der Waals surface area contributed by atoms with Crippen LogP contribution >= 0.6 is 0 Å². The molecule has 1 rings (SSSR count). The fourth-order valence-electron chi connectivity index (χ4n) is 1.11. The SMILES string of the molecule is [CH2-]CC1[CH-]CCC1.[CH3-].[W].[W].[W].[W].[Y].[Y].[Y]. The first-order chi connectivity index (χ1) is 3.43. The Labute approximate surface area is 229 Å². The Kier molecular flexibility index (Phi) is 122. The van der Waals surface area contributed by atoms with E-state index in [1.165, 1.54) is 19.3 Å². The van der Waals surface area contributed by atoms with Gasteiger partial charge in [0.1, 0.15) is 0 Å². The molecular weight excluding hydrogens is 1100 g/mol. The summed E-state index contributed by atoms with van der Waals surface area (Å²) in [5.74, 6) is 0.861. The first kappa shape index (κ1) is 49.7. The van der Waals surface area contributed by atoms with Gasteiger partial charge < -0.3 is 20.8 Å². The normalized spacial score (nSPS) is 14.6. The van der Waals surface area contributed by atoms with Gasteiger partial charge in [-0.05, 0) is 0 Å². The van der Waals surface area contributed by atoms with Crippen molar-refractivity contribution >= 4 is 0 Å². The summed E-state index contributed by atoms with van der Waals surface area (Å²) in [5, 5.41) is 0. The summed E-state index contributed by atoms with van der Waals surface area (Å²) in [4.78, 5) is 0. The van der Waals surface area contributed by atoms with Crippen molar-refractivity contribution in [3.8, 4) is 0 Å². The molecule has 3 radical (unpaired) electrons. The molecule has 0 aromatic heterocycles. The Bertz CT molecular complexity index is 63.8. The quantitative estimate of drug-likeness (QED) is 0.355. The maximum atomic E-state index is 3.84. The van der Waals surface area contributed by atoms with E-state index >= 15 is 0 Å². The van der Waals surface area contributed by atoms with Crippen molar-refractivity contribution in [1.29, 1.82) is 0 Å². The second-order valence-electron chi connectivity index (χ2n) is 2.22. The number of hydrogen-bond donors (Lipinski definition) is 0. The van der Waals surface area contributed by atoms with Gasteiger partial charge in [-0.15, -0.1) is 0 Å². The van der Waals surface area contributed by atoms with E-state index in [1.807, 2.05) is 0 Å². The second kappa shape index (κ2) is 36.9. The van der Waals surface area contributed by atoms with Gasteiger partial charge in [-0.3, -0.25) is 0 Å². The Morgan fingerprint density at radius 1 is 1.00 bits per heavy atom. The molecule has 0 N–H and O–H groups in total. The van der Waals surface area contributed by atoms with E-state index in [-0.39, 0.29) is 190 Å². The van der Waals surface area contributed by atoms with Crippen LogP contribution in [0.1, 0.15) is 25.7 Å². The molecule has 7 heteroatoms. The number of hydrogen-bond acceptors (Lipinski definition) is 0. The van der Waals surface area contributed by atoms with E-state index in [9.17, 15) is 0 Å². The molecule has 0 spiro atoms. The summed E-state index contributed by atoms with van der Waals surface area (Å²) in [6.07, 6.45) is 7.64. The maximum absolute atomic E-state index is 3.84. The molecule has 0 heterocycles. The molecule has 0 bridgehead atoms. The topological polar surface area (TPSA) is 0 Å². The Morgan fingerprint density at radius 2 is 1.40 bits per heavy atom. The van der Waals surface area contributed by atoms with Gasteiger partial charge >= 0.3 is 0 Å². The molecule has 0 saturated heterocycles. The van der Waals surface area contributed by atoms with Crippen LogP contribution in [0.4, 0.5) is 0 Å². The molecule has 0 nitrogen and oxygen atoms in total. The molecule has 0 aromatic carbocycles. The van der Waals surface area contributed by atoms with Crippen molar-refractivity contribution in [2.45, 2.75) is 25.7 Å². The maximum Gasteiger partial charge on any atom is 0 e. The third-order valence-corrected chi connectivity index (χ3v) is 1.65. The van der Waals surface area contributed by atoms with E-state index in [2.05, 4.69) is 13.3 Å². The van der Waals surface area contributed by atoms with E-state index in [0.717, 1.165) is 12.3 Å². The van der Waals surface area contributed by atoms with Crippen molar-refractivity contribution in [3.63, 3.8) is 0 Å². The van der Waals surface area contributed by atoms with Crippen LogP contribution in [0.15, 0.2) is 0 Å². The van der Waals surface area contributed by atoms with Gasteiger partial charge in [0.2, 0.25) is 0 Å². The van der Waals surface area contributed by atoms with Crippen LogP contribution in [-0.2, 0) is 182 Å². The summed E-state index contributed by atoms with van der Waals surface area (Å²) in [6.45, 7) is 3.84. The summed E-state index contributed by atoms with van der Waals surface area (Å²) >= 11 is 0. The average molecular weight is 1110 g/mol. The molecule has 1 fully saturated rings. The third-order valence-electron chi connectivity index (χ3n) is 1.65. The van der Waals surface area contributed by atoms with Gasteiger partial charge in [-0.1, -0.05) is 12.8 Å². The van der Waals surface area contributed by atoms with Gasteiger partial charge in [0, 0.05) is 182 Å². The van der Waals surface area contributed by atoms with Crippen LogP contribution < -0.4 is 0 Å². The summed E-state index contributed by atoms with van der Waals surface area (Å²) in [6, 6.07) is 0. The van der Waals surface area contributed by atoms with Crippen LogP contribution in [0, 0.1) is 26.7 Å². The van der Waals surface area contributed by atoms with Gasteiger partial charge in [0.15, 0.2) is 0 Å². The second-order valence-corrected chi connectivity index (χ2v) is 2.22. The fourth-order valence-corrected chi connectivity index (χ4v) is 1.11. The first-order valence-corrected chi connectivity index (χ1v) is 3.06. The average Bonchev–Trinajstić information content (AvgIpc) is 2.14. The monoisotopic (exact) mass is 1110 g/mol. The standard InChI is InChI=1S/C7H12.CH3.4W.3Y/c1-2-7-5-3-4-6-7;;;;;;;;/h5,7H,1-4,6H2;1H3;;;;;;;/q-2;-1;;;;;;;. The molecule has 1 aliphatic rings. The van der Waals surface area contributed by atoms with Crippen LogP contribution in [-0.4, -0.2) is 0 Å². The molecule has 1 atom stereocenters. The van der Waals surface area contributed by atoms with Crippen LogP contribution in [0.2, 0.25) is 0 Å². The molecule has 15 heavy (non-hydrogen) atoms. The fraction of sp³-hybridized carbons (Fsp3) is 0.625. The summed E-state index contributed by atoms with van der Waals surface area (Å²) < 4.78 is 0. The Balaban J connectivity index is -0.0000000102. The van der Waals surface area contributed by atoms with Crippen LogP contribution in [0.3, 0.4) is 0 Å². The largest absolute Gasteiger partial charge is 0.358 e. The molecule has 83 valence electrons. The Hall–Kier alpha value is 6.06. The van der Waals surface area contributed by atoms with Crippen molar-refractivity contribution in [3.05, 3.63) is 20.8 Å². The molecular formula is C8H15W4Y3-3. The van der Waals surface area contributed by atoms with E-state index in [0.29, 0.717) is 0 Å². The van der Waals surface area contributed by atoms with Crippen LogP contribution in [0.5, 0.6) is 0 Å². The minimum atomic E-state index is 0. The van der Waals surface area contributed by atoms with Crippen LogP contribution in [0.25, 0.3) is 0 Å². The molecule has 1 saturated carbocycles. The van der Waals surface area contributed by atoms with Crippen molar-refractivity contribution in [2.24, 2.45) is 5.92 Å². The van der Waals surface area contributed by atoms with Crippen molar-refractivity contribution < 1.29 is 182 Å². The molecule has 1 aliphatic carbocycles. The minimum Gasteiger partial charge on any atom is -0.358 e. The molecule has 0 amide bonds. The number of rotatable bonds is 1. The van der Waals surface area contributed by atoms with Gasteiger partial charge in [0.05, 0.1) is 0 Å². The van der Waals surface area contributed by atoms with E-state index in [4.69, 9.17) is 0 Å². The van der Waals surface area contributed by atoms with Gasteiger partial charge in [-0.2, -0.15) is 12.3 Å². The molecule has 1 unspecified atom stereocenters. The smallest absolute Gasteiger partial charge is 0 e. The zero-order chi connectivity index (χ0) is 5.11. The predicted molar refractivity (Wildman–Crippen MR) is 38.0 cm³/mol. The van der Waals surface area contributed by atoms with Crippen molar-refractivity contribution in [2.75, 3.05) is 0 Å². The first-order valence-electron chi connectivity index (χ1n) is 3.06. The predicted octanol–water partition coefficient (Wildman–Crippen LogP) is 2.65. The molecule has 0 aromatic rings. The van der Waals surface area contributed by atoms with E-state index in [1.54, 1.807) is 0 Å². The minimum absolute atomic E-state index is 0. The summed E-state index contributed by atoms with van der Waals surface area (Å²) in [5.41, 5.74) is 0. The van der Waals surface area contributed by atoms with Crippen molar-refractivity contribution in [1.82, 2.24) is 0 Å². The van der Waals surface area contributed by atoms with Gasteiger partial charge in [-0.25, -0.2) is 6.42 Å². The van der Waals surface area contributed by atoms with E-state index < -0.39 is 0 Å². The molecule has 0 aliphatic heterocycles.